The number of hydrogen-bond acceptors (Lipinski definition) is 12. The van der Waals surface area contributed by atoms with Gasteiger partial charge in [-0.05, 0) is 72.6 Å². The smallest absolute Gasteiger partial charge is 0.407 e. The van der Waals surface area contributed by atoms with Crippen LogP contribution in [0.1, 0.15) is 60.8 Å². The maximum Gasteiger partial charge on any atom is 0.407 e. The first-order valence-corrected chi connectivity index (χ1v) is 27.5. The van der Waals surface area contributed by atoms with Gasteiger partial charge in [-0.3, -0.25) is 28.8 Å². The van der Waals surface area contributed by atoms with Gasteiger partial charge in [-0.1, -0.05) is 91.0 Å². The number of hydrogen-bond donors (Lipinski definition) is 7. The molecule has 19 heteroatoms. The zero-order chi connectivity index (χ0) is 54.4. The number of para-hydroxylation sites is 1. The SMILES string of the molecule is NCCNC(=O)O[C@@H]1C[C@H]2C(=O)N[C@@H](CCc3ccccc3)C(=O)N[C@H](Cc3c[nH]c4ccccc34)C(=O)C[C@@H](CN3CCNCC3)C(=O)N[C@@H](Cc3ccc(OCc4ccccc4)cc3)C(=O)N3CCCC[C@H]3C(=O)N2C1. The molecule has 7 atom stereocenters. The van der Waals surface area contributed by atoms with E-state index >= 15 is 24.0 Å². The minimum atomic E-state index is -1.22. The summed E-state index contributed by atoms with van der Waals surface area (Å²) in [7, 11) is 0. The zero-order valence-electron chi connectivity index (χ0n) is 44.0. The second-order valence-corrected chi connectivity index (χ2v) is 20.8. The van der Waals surface area contributed by atoms with Crippen molar-refractivity contribution in [2.45, 2.75) is 101 Å². The van der Waals surface area contributed by atoms with E-state index in [9.17, 15) is 9.59 Å². The summed E-state index contributed by atoms with van der Waals surface area (Å²) in [4.78, 5) is 112. The van der Waals surface area contributed by atoms with Gasteiger partial charge in [0.1, 0.15) is 42.6 Å². The van der Waals surface area contributed by atoms with Crippen LogP contribution in [-0.2, 0) is 59.4 Å². The Morgan fingerprint density at radius 2 is 1.38 bits per heavy atom. The number of nitrogens with zero attached hydrogens (tertiary/aromatic N) is 3. The fraction of sp³-hybridized carbons (Fsp3) is 0.441. The number of fused-ring (bicyclic) bond motifs is 3. The van der Waals surface area contributed by atoms with Gasteiger partial charge in [0.25, 0.3) is 0 Å². The van der Waals surface area contributed by atoms with Crippen LogP contribution < -0.4 is 37.1 Å². The molecule has 0 saturated carbocycles. The predicted molar refractivity (Wildman–Crippen MR) is 293 cm³/mol. The van der Waals surface area contributed by atoms with Gasteiger partial charge in [-0.2, -0.15) is 0 Å². The number of piperazine rings is 1. The maximum absolute atomic E-state index is 15.4. The Hall–Kier alpha value is -7.61. The molecular weight excluding hydrogens is 993 g/mol. The second-order valence-electron chi connectivity index (χ2n) is 20.8. The number of carbonyl (C=O) groups is 7. The highest BCUT2D eigenvalue weighted by Crippen LogP contribution is 2.29. The molecule has 78 heavy (non-hydrogen) atoms. The highest BCUT2D eigenvalue weighted by atomic mass is 16.6. The van der Waals surface area contributed by atoms with E-state index in [1.165, 1.54) is 9.80 Å². The van der Waals surface area contributed by atoms with Gasteiger partial charge in [-0.25, -0.2) is 4.79 Å². The van der Waals surface area contributed by atoms with E-state index in [1.54, 1.807) is 0 Å². The Morgan fingerprint density at radius 3 is 2.14 bits per heavy atom. The molecule has 8 N–H and O–H groups in total. The molecule has 4 aliphatic rings. The van der Waals surface area contributed by atoms with Gasteiger partial charge in [0.15, 0.2) is 5.78 Å². The average molecular weight is 1070 g/mol. The van der Waals surface area contributed by atoms with Gasteiger partial charge in [-0.15, -0.1) is 0 Å². The minimum Gasteiger partial charge on any atom is -0.489 e. The summed E-state index contributed by atoms with van der Waals surface area (Å²) in [5.74, 6) is -3.54. The largest absolute Gasteiger partial charge is 0.489 e. The van der Waals surface area contributed by atoms with E-state index < -0.39 is 83.6 Å². The summed E-state index contributed by atoms with van der Waals surface area (Å²) in [6.45, 7) is 3.48. The molecule has 0 aliphatic carbocycles. The highest BCUT2D eigenvalue weighted by molar-refractivity contribution is 5.99. The molecule has 4 saturated heterocycles. The minimum absolute atomic E-state index is 0.0431. The summed E-state index contributed by atoms with van der Waals surface area (Å²) in [6.07, 6.45) is 1.79. The van der Waals surface area contributed by atoms with E-state index in [1.807, 2.05) is 115 Å². The number of rotatable bonds is 15. The number of piperidine rings is 1. The number of ketones is 1. The first-order chi connectivity index (χ1) is 38.0. The Labute approximate surface area is 454 Å². The number of ether oxygens (including phenoxy) is 2. The van der Waals surface area contributed by atoms with E-state index in [0.717, 1.165) is 27.6 Å². The van der Waals surface area contributed by atoms with Crippen molar-refractivity contribution >= 4 is 52.3 Å². The van der Waals surface area contributed by atoms with Crippen LogP contribution in [-0.4, -0.2) is 156 Å². The van der Waals surface area contributed by atoms with Crippen molar-refractivity contribution in [3.05, 3.63) is 138 Å². The number of H-pyrrole nitrogens is 1. The number of Topliss-reactive ketones (excluding diaryl/α,β-unsaturated/α-hetero) is 1. The van der Waals surface area contributed by atoms with Crippen LogP contribution in [0.5, 0.6) is 5.75 Å². The number of alkyl carbamates (subject to hydrolysis) is 1. The Bertz CT molecular complexity index is 2860. The van der Waals surface area contributed by atoms with E-state index in [2.05, 4.69) is 36.5 Å². The molecule has 0 unspecified atom stereocenters. The first-order valence-electron chi connectivity index (χ1n) is 27.5. The molecule has 19 nitrogen and oxygen atoms in total. The number of amides is 6. The van der Waals surface area contributed by atoms with E-state index in [4.69, 9.17) is 15.2 Å². The van der Waals surface area contributed by atoms with Gasteiger partial charge >= 0.3 is 6.09 Å². The average Bonchev–Trinajstić information content (AvgIpc) is 4.09. The lowest BCUT2D eigenvalue weighted by atomic mass is 9.92. The fourth-order valence-corrected chi connectivity index (χ4v) is 11.1. The number of nitrogens with one attached hydrogen (secondary N) is 6. The van der Waals surface area contributed by atoms with Crippen molar-refractivity contribution in [3.63, 3.8) is 0 Å². The van der Waals surface area contributed by atoms with Crippen LogP contribution in [0.2, 0.25) is 0 Å². The van der Waals surface area contributed by atoms with Gasteiger partial charge in [0.05, 0.1) is 18.5 Å². The summed E-state index contributed by atoms with van der Waals surface area (Å²) in [6, 6.07) is 28.4. The third-order valence-corrected chi connectivity index (χ3v) is 15.3. The number of aromatic amines is 1. The Balaban J connectivity index is 1.09. The fourth-order valence-electron chi connectivity index (χ4n) is 11.1. The summed E-state index contributed by atoms with van der Waals surface area (Å²) in [5.41, 5.74) is 9.87. The van der Waals surface area contributed by atoms with E-state index in [-0.39, 0.29) is 71.2 Å². The monoisotopic (exact) mass is 1060 g/mol. The molecule has 412 valence electrons. The van der Waals surface area contributed by atoms with Crippen LogP contribution in [0.3, 0.4) is 0 Å². The lowest BCUT2D eigenvalue weighted by Gasteiger charge is -2.40. The Kier molecular flexibility index (Phi) is 18.8. The van der Waals surface area contributed by atoms with Crippen molar-refractivity contribution in [1.29, 1.82) is 0 Å². The van der Waals surface area contributed by atoms with E-state index in [0.29, 0.717) is 63.4 Å². The van der Waals surface area contributed by atoms with Crippen LogP contribution in [0, 0.1) is 5.92 Å². The number of carbonyl (C=O) groups excluding carboxylic acids is 7. The van der Waals surface area contributed by atoms with Gasteiger partial charge < -0.3 is 61.5 Å². The Morgan fingerprint density at radius 1 is 0.679 bits per heavy atom. The molecule has 6 amide bonds. The third-order valence-electron chi connectivity index (χ3n) is 15.3. The van der Waals surface area contributed by atoms with Gasteiger partial charge in [0.2, 0.25) is 29.5 Å². The van der Waals surface area contributed by atoms with Crippen molar-refractivity contribution in [2.75, 3.05) is 58.9 Å². The molecule has 4 aromatic carbocycles. The highest BCUT2D eigenvalue weighted by Gasteiger charge is 2.47. The standard InChI is InChI=1S/C59H72N10O9/c60-24-25-62-59(76)78-45-34-52-56(73)64-48(23-20-39-11-3-1-4-12-39)55(72)65-49(32-42-35-63-47-16-8-7-15-46(42)47)53(70)33-43(36-67-29-26-61-27-30-67)54(71)66-50(57(74)68-28-10-9-17-51(68)58(75)69(52)37-45)31-40-18-21-44(22-19-40)77-38-41-13-5-2-6-14-41/h1-8,11-16,18-19,21-22,35,43,45,48-52,61,63H,9-10,17,20,23-34,36-38,60H2,(H,62,76)(H,64,73)(H,65,72)(H,66,71)/t43-,45+,48-,49+,50-,51-,52-/m0/s1. The summed E-state index contributed by atoms with van der Waals surface area (Å²) < 4.78 is 11.9. The molecule has 1 aromatic heterocycles. The molecule has 0 spiro atoms. The van der Waals surface area contributed by atoms with Crippen LogP contribution in [0.4, 0.5) is 4.79 Å². The quantitative estimate of drug-likeness (QED) is 0.0800. The van der Waals surface area contributed by atoms with Gasteiger partial charge in [0, 0.05) is 95.1 Å². The molecular formula is C59H72N10O9. The normalized spacial score (nSPS) is 24.0. The topological polar surface area (TPSA) is 250 Å². The lowest BCUT2D eigenvalue weighted by Crippen LogP contribution is -2.61. The molecule has 0 bridgehead atoms. The van der Waals surface area contributed by atoms with Crippen LogP contribution in [0.15, 0.2) is 115 Å². The molecule has 4 aliphatic heterocycles. The molecule has 9 rings (SSSR count). The number of nitrogens with two attached hydrogens (primary N) is 1. The van der Waals surface area contributed by atoms with Crippen molar-refractivity contribution in [3.8, 4) is 5.75 Å². The second kappa shape index (κ2) is 26.6. The number of benzene rings is 4. The van der Waals surface area contributed by atoms with Crippen LogP contribution >= 0.6 is 0 Å². The summed E-state index contributed by atoms with van der Waals surface area (Å²) >= 11 is 0. The first kappa shape index (κ1) is 55.2. The van der Waals surface area contributed by atoms with Crippen molar-refractivity contribution in [2.24, 2.45) is 11.7 Å². The number of aryl methyl sites for hydroxylation is 1. The predicted octanol–water partition coefficient (Wildman–Crippen LogP) is 3.15. The molecule has 0 radical (unpaired) electrons. The zero-order valence-corrected chi connectivity index (χ0v) is 44.0. The third kappa shape index (κ3) is 14.3. The number of aromatic nitrogens is 1. The van der Waals surface area contributed by atoms with Crippen molar-refractivity contribution in [1.82, 2.24) is 46.3 Å². The lowest BCUT2D eigenvalue weighted by molar-refractivity contribution is -0.152. The maximum atomic E-state index is 15.4. The molecule has 5 aromatic rings. The van der Waals surface area contributed by atoms with Crippen LogP contribution in [0.25, 0.3) is 10.9 Å². The molecule has 4 fully saturated rings. The molecule has 5 heterocycles. The summed E-state index contributed by atoms with van der Waals surface area (Å²) in [5, 5.41) is 15.9. The van der Waals surface area contributed by atoms with Crippen molar-refractivity contribution < 1.29 is 43.0 Å².